The second-order valence-electron chi connectivity index (χ2n) is 8.04. The molecule has 170 valence electrons. The summed E-state index contributed by atoms with van der Waals surface area (Å²) < 4.78 is 17.7. The van der Waals surface area contributed by atoms with Crippen molar-refractivity contribution in [2.45, 2.75) is 38.9 Å². The molecule has 0 spiro atoms. The van der Waals surface area contributed by atoms with Gasteiger partial charge in [0, 0.05) is 18.8 Å². The Labute approximate surface area is 195 Å². The van der Waals surface area contributed by atoms with Gasteiger partial charge in [-0.25, -0.2) is 4.98 Å². The SMILES string of the molecule is C(/CCCOCc1ccccc1)=C(/CCCOCc1ccccc1)c1nc2ccccc2o1. The summed E-state index contributed by atoms with van der Waals surface area (Å²) in [6.07, 6.45) is 5.91. The van der Waals surface area contributed by atoms with Crippen molar-refractivity contribution in [3.05, 3.63) is 108 Å². The molecule has 0 saturated heterocycles. The van der Waals surface area contributed by atoms with Gasteiger partial charge in [-0.05, 0) is 48.9 Å². The fraction of sp³-hybridized carbons (Fsp3) is 0.276. The zero-order chi connectivity index (χ0) is 22.6. The molecule has 3 aromatic carbocycles. The van der Waals surface area contributed by atoms with Crippen molar-refractivity contribution in [1.82, 2.24) is 4.98 Å². The molecule has 0 aliphatic rings. The maximum Gasteiger partial charge on any atom is 0.222 e. The Bertz CT molecular complexity index is 1090. The zero-order valence-electron chi connectivity index (χ0n) is 19.0. The number of rotatable bonds is 13. The van der Waals surface area contributed by atoms with Crippen LogP contribution in [0.3, 0.4) is 0 Å². The number of hydrogen-bond acceptors (Lipinski definition) is 4. The van der Waals surface area contributed by atoms with Crippen LogP contribution in [0.15, 0.2) is 95.4 Å². The van der Waals surface area contributed by atoms with E-state index in [9.17, 15) is 0 Å². The molecule has 0 atom stereocenters. The lowest BCUT2D eigenvalue weighted by molar-refractivity contribution is 0.118. The van der Waals surface area contributed by atoms with Gasteiger partial charge in [0.15, 0.2) is 5.58 Å². The Kier molecular flexibility index (Phi) is 8.86. The van der Waals surface area contributed by atoms with E-state index in [2.05, 4.69) is 30.3 Å². The maximum absolute atomic E-state index is 6.04. The van der Waals surface area contributed by atoms with Gasteiger partial charge in [-0.15, -0.1) is 0 Å². The van der Waals surface area contributed by atoms with Gasteiger partial charge < -0.3 is 13.9 Å². The summed E-state index contributed by atoms with van der Waals surface area (Å²) in [7, 11) is 0. The fourth-order valence-corrected chi connectivity index (χ4v) is 3.66. The number of allylic oxidation sites excluding steroid dienone is 2. The van der Waals surface area contributed by atoms with Crippen molar-refractivity contribution in [3.63, 3.8) is 0 Å². The number of aromatic nitrogens is 1. The Morgan fingerprint density at radius 2 is 1.33 bits per heavy atom. The summed E-state index contributed by atoms with van der Waals surface area (Å²) in [6.45, 7) is 2.72. The number of oxazole rings is 1. The molecule has 0 bridgehead atoms. The van der Waals surface area contributed by atoms with E-state index in [-0.39, 0.29) is 0 Å². The van der Waals surface area contributed by atoms with Crippen molar-refractivity contribution < 1.29 is 13.9 Å². The Morgan fingerprint density at radius 1 is 0.727 bits per heavy atom. The Morgan fingerprint density at radius 3 is 2.00 bits per heavy atom. The highest BCUT2D eigenvalue weighted by Gasteiger charge is 2.10. The van der Waals surface area contributed by atoms with Crippen molar-refractivity contribution in [1.29, 1.82) is 0 Å². The van der Waals surface area contributed by atoms with Crippen LogP contribution in [0.1, 0.15) is 42.7 Å². The van der Waals surface area contributed by atoms with Gasteiger partial charge in [0.2, 0.25) is 5.89 Å². The third-order valence-electron chi connectivity index (χ3n) is 5.41. The number of nitrogens with zero attached hydrogens (tertiary/aromatic N) is 1. The van der Waals surface area contributed by atoms with Gasteiger partial charge in [0.1, 0.15) is 5.52 Å². The van der Waals surface area contributed by atoms with Gasteiger partial charge in [-0.1, -0.05) is 78.9 Å². The first-order chi connectivity index (χ1) is 16.4. The van der Waals surface area contributed by atoms with E-state index in [4.69, 9.17) is 18.9 Å². The lowest BCUT2D eigenvalue weighted by Crippen LogP contribution is -1.97. The summed E-state index contributed by atoms with van der Waals surface area (Å²) in [5, 5.41) is 0. The number of para-hydroxylation sites is 2. The summed E-state index contributed by atoms with van der Waals surface area (Å²) in [5.41, 5.74) is 5.26. The van der Waals surface area contributed by atoms with Crippen LogP contribution in [0, 0.1) is 0 Å². The first-order valence-corrected chi connectivity index (χ1v) is 11.7. The van der Waals surface area contributed by atoms with E-state index in [0.29, 0.717) is 25.7 Å². The van der Waals surface area contributed by atoms with Gasteiger partial charge in [0.05, 0.1) is 13.2 Å². The number of fused-ring (bicyclic) bond motifs is 1. The van der Waals surface area contributed by atoms with Crippen LogP contribution in [0.25, 0.3) is 16.7 Å². The summed E-state index contributed by atoms with van der Waals surface area (Å²) in [4.78, 5) is 4.71. The first kappa shape index (κ1) is 23.0. The van der Waals surface area contributed by atoms with E-state index < -0.39 is 0 Å². The molecule has 4 aromatic rings. The fourth-order valence-electron chi connectivity index (χ4n) is 3.66. The quantitative estimate of drug-likeness (QED) is 0.206. The van der Waals surface area contributed by atoms with Gasteiger partial charge >= 0.3 is 0 Å². The Hall–Kier alpha value is -3.21. The molecule has 0 aliphatic heterocycles. The summed E-state index contributed by atoms with van der Waals surface area (Å²) in [5.74, 6) is 0.712. The lowest BCUT2D eigenvalue weighted by Gasteiger charge is -2.07. The molecule has 4 rings (SSSR count). The topological polar surface area (TPSA) is 44.5 Å². The number of hydrogen-bond donors (Lipinski definition) is 0. The van der Waals surface area contributed by atoms with E-state index in [1.165, 1.54) is 11.1 Å². The molecule has 0 aliphatic carbocycles. The van der Waals surface area contributed by atoms with Crippen molar-refractivity contribution >= 4 is 16.7 Å². The second-order valence-corrected chi connectivity index (χ2v) is 8.04. The molecule has 0 radical (unpaired) electrons. The first-order valence-electron chi connectivity index (χ1n) is 11.7. The summed E-state index contributed by atoms with van der Waals surface area (Å²) >= 11 is 0. The largest absolute Gasteiger partial charge is 0.436 e. The Balaban J connectivity index is 1.28. The average molecular weight is 442 g/mol. The van der Waals surface area contributed by atoms with Gasteiger partial charge in [0.25, 0.3) is 0 Å². The molecule has 0 saturated carbocycles. The van der Waals surface area contributed by atoms with E-state index in [1.807, 2.05) is 60.7 Å². The molecule has 0 fully saturated rings. The van der Waals surface area contributed by atoms with Crippen LogP contribution in [0.4, 0.5) is 0 Å². The zero-order valence-corrected chi connectivity index (χ0v) is 19.0. The minimum Gasteiger partial charge on any atom is -0.436 e. The molecule has 0 amide bonds. The van der Waals surface area contributed by atoms with Crippen LogP contribution < -0.4 is 0 Å². The molecular formula is C29H31NO3. The van der Waals surface area contributed by atoms with E-state index >= 15 is 0 Å². The highest BCUT2D eigenvalue weighted by atomic mass is 16.5. The van der Waals surface area contributed by atoms with Crippen molar-refractivity contribution in [2.75, 3.05) is 13.2 Å². The highest BCUT2D eigenvalue weighted by molar-refractivity contribution is 5.75. The average Bonchev–Trinajstić information content (AvgIpc) is 3.30. The third kappa shape index (κ3) is 7.41. The molecule has 33 heavy (non-hydrogen) atoms. The smallest absolute Gasteiger partial charge is 0.222 e. The molecule has 4 heteroatoms. The molecule has 0 N–H and O–H groups in total. The van der Waals surface area contributed by atoms with Gasteiger partial charge in [-0.3, -0.25) is 0 Å². The minimum absolute atomic E-state index is 0.640. The molecule has 0 unspecified atom stereocenters. The molecular weight excluding hydrogens is 410 g/mol. The van der Waals surface area contributed by atoms with Crippen LogP contribution in [0.5, 0.6) is 0 Å². The van der Waals surface area contributed by atoms with Gasteiger partial charge in [-0.2, -0.15) is 0 Å². The number of ether oxygens (including phenoxy) is 2. The molecule has 4 nitrogen and oxygen atoms in total. The summed E-state index contributed by atoms with van der Waals surface area (Å²) in [6, 6.07) is 28.5. The normalized spacial score (nSPS) is 11.8. The lowest BCUT2D eigenvalue weighted by atomic mass is 10.1. The monoisotopic (exact) mass is 441 g/mol. The number of benzene rings is 3. The van der Waals surface area contributed by atoms with Crippen LogP contribution in [-0.4, -0.2) is 18.2 Å². The number of unbranched alkanes of at least 4 members (excludes halogenated alkanes) is 1. The van der Waals surface area contributed by atoms with Crippen molar-refractivity contribution in [3.8, 4) is 0 Å². The maximum atomic E-state index is 6.04. The van der Waals surface area contributed by atoms with E-state index in [0.717, 1.165) is 49.0 Å². The second kappa shape index (κ2) is 12.7. The van der Waals surface area contributed by atoms with Crippen LogP contribution in [0.2, 0.25) is 0 Å². The standard InChI is InChI=1S/C29H31NO3/c1-3-12-24(13-4-1)22-31-20-10-9-16-26(29-30-27-18-7-8-19-28(27)33-29)17-11-21-32-23-25-14-5-2-6-15-25/h1-8,12-16,18-19H,9-11,17,20-23H2/b26-16+. The van der Waals surface area contributed by atoms with Crippen molar-refractivity contribution in [2.24, 2.45) is 0 Å². The van der Waals surface area contributed by atoms with Crippen LogP contribution >= 0.6 is 0 Å². The van der Waals surface area contributed by atoms with Crippen LogP contribution in [-0.2, 0) is 22.7 Å². The third-order valence-corrected chi connectivity index (χ3v) is 5.41. The predicted octanol–water partition coefficient (Wildman–Crippen LogP) is 7.21. The predicted molar refractivity (Wildman–Crippen MR) is 133 cm³/mol. The van der Waals surface area contributed by atoms with E-state index in [1.54, 1.807) is 0 Å². The molecule has 1 heterocycles. The highest BCUT2D eigenvalue weighted by Crippen LogP contribution is 2.25. The molecule has 1 aromatic heterocycles. The minimum atomic E-state index is 0.640.